The minimum Gasteiger partial charge on any atom is -0.462 e. The maximum Gasteiger partial charge on any atom is 0.338 e. The molecule has 0 bridgehead atoms. The molecule has 3 aromatic carbocycles. The number of hydrogen-bond acceptors (Lipinski definition) is 3. The van der Waals surface area contributed by atoms with Crippen molar-refractivity contribution in [1.29, 1.82) is 0 Å². The molecule has 2 N–H and O–H groups in total. The number of esters is 1. The number of H-pyrrole nitrogens is 2. The van der Waals surface area contributed by atoms with Crippen molar-refractivity contribution in [3.05, 3.63) is 92.3 Å². The molecule has 0 saturated carbocycles. The highest BCUT2D eigenvalue weighted by atomic mass is 35.5. The normalized spacial score (nSPS) is 11.9. The molecule has 5 aromatic rings. The molecule has 0 fully saturated rings. The highest BCUT2D eigenvalue weighted by Gasteiger charge is 2.30. The average molecular weight is 568 g/mol. The minimum absolute atomic E-state index is 0.180. The van der Waals surface area contributed by atoms with Gasteiger partial charge < -0.3 is 14.7 Å². The van der Waals surface area contributed by atoms with Crippen LogP contribution < -0.4 is 0 Å². The number of carbonyl (C=O) groups excluding carboxylic acids is 2. The molecule has 5 rings (SSSR count). The first-order valence-electron chi connectivity index (χ1n) is 12.1. The highest BCUT2D eigenvalue weighted by Crippen LogP contribution is 2.43. The van der Waals surface area contributed by atoms with Crippen molar-refractivity contribution in [1.82, 2.24) is 9.97 Å². The van der Waals surface area contributed by atoms with Gasteiger partial charge in [-0.1, -0.05) is 73.8 Å². The molecule has 194 valence electrons. The number of benzene rings is 3. The quantitative estimate of drug-likeness (QED) is 0.164. The zero-order chi connectivity index (χ0) is 27.4. The number of aromatic nitrogens is 2. The standard InChI is InChI=1S/C30H25Cl3N2O3/c1-5-38-29(37)16-7-6-15-8-9-18-20(13-34-26(18)19(15)10-16)27(36)25-21(14-35-28(25)30(2,3)4)24-22(32)11-17(31)12-23(24)33/h6-14,34-35H,5H2,1-4H3. The van der Waals surface area contributed by atoms with Gasteiger partial charge in [-0.05, 0) is 36.6 Å². The first-order chi connectivity index (χ1) is 18.0. The van der Waals surface area contributed by atoms with E-state index >= 15 is 0 Å². The second-order valence-electron chi connectivity index (χ2n) is 10.1. The van der Waals surface area contributed by atoms with Gasteiger partial charge in [-0.15, -0.1) is 0 Å². The third-order valence-corrected chi connectivity index (χ3v) is 7.38. The van der Waals surface area contributed by atoms with Gasteiger partial charge in [-0.25, -0.2) is 4.79 Å². The molecular formula is C30H25Cl3N2O3. The lowest BCUT2D eigenvalue weighted by Crippen LogP contribution is -2.17. The second kappa shape index (κ2) is 9.81. The van der Waals surface area contributed by atoms with Gasteiger partial charge in [0, 0.05) is 56.0 Å². The van der Waals surface area contributed by atoms with Crippen molar-refractivity contribution in [2.24, 2.45) is 0 Å². The Bertz CT molecular complexity index is 1720. The highest BCUT2D eigenvalue weighted by molar-refractivity contribution is 6.42. The third kappa shape index (κ3) is 4.49. The lowest BCUT2D eigenvalue weighted by molar-refractivity contribution is 0.0526. The summed E-state index contributed by atoms with van der Waals surface area (Å²) in [7, 11) is 0. The van der Waals surface area contributed by atoms with Crippen LogP contribution in [0.4, 0.5) is 0 Å². The van der Waals surface area contributed by atoms with E-state index in [4.69, 9.17) is 39.5 Å². The largest absolute Gasteiger partial charge is 0.462 e. The van der Waals surface area contributed by atoms with Gasteiger partial charge in [0.15, 0.2) is 5.78 Å². The van der Waals surface area contributed by atoms with Gasteiger partial charge in [-0.3, -0.25) is 4.79 Å². The maximum absolute atomic E-state index is 14.3. The summed E-state index contributed by atoms with van der Waals surface area (Å²) in [4.78, 5) is 33.2. The molecule has 0 aliphatic rings. The van der Waals surface area contributed by atoms with Crippen molar-refractivity contribution in [3.8, 4) is 11.1 Å². The monoisotopic (exact) mass is 566 g/mol. The van der Waals surface area contributed by atoms with Crippen LogP contribution in [0, 0.1) is 0 Å². The molecule has 0 unspecified atom stereocenters. The van der Waals surface area contributed by atoms with Crippen molar-refractivity contribution in [3.63, 3.8) is 0 Å². The molecule has 2 heterocycles. The smallest absolute Gasteiger partial charge is 0.338 e. The molecule has 5 nitrogen and oxygen atoms in total. The SMILES string of the molecule is CCOC(=O)c1ccc2ccc3c(C(=O)c4c(-c5c(Cl)cc(Cl)cc5Cl)c[nH]c4C(C)(C)C)c[nH]c3c2c1. The molecule has 0 atom stereocenters. The molecular weight excluding hydrogens is 543 g/mol. The van der Waals surface area contributed by atoms with Gasteiger partial charge in [0.1, 0.15) is 0 Å². The molecule has 2 aromatic heterocycles. The van der Waals surface area contributed by atoms with Crippen LogP contribution in [0.1, 0.15) is 59.7 Å². The molecule has 0 radical (unpaired) electrons. The Balaban J connectivity index is 1.72. The van der Waals surface area contributed by atoms with Crippen LogP contribution in [0.15, 0.2) is 54.9 Å². The molecule has 0 aliphatic carbocycles. The summed E-state index contributed by atoms with van der Waals surface area (Å²) in [5, 5.41) is 3.61. The van der Waals surface area contributed by atoms with Crippen molar-refractivity contribution < 1.29 is 14.3 Å². The Hall–Kier alpha value is -3.25. The molecule has 0 aliphatic heterocycles. The molecule has 0 spiro atoms. The van der Waals surface area contributed by atoms with Gasteiger partial charge in [0.25, 0.3) is 0 Å². The lowest BCUT2D eigenvalue weighted by Gasteiger charge is -2.20. The van der Waals surface area contributed by atoms with E-state index in [0.717, 1.165) is 27.4 Å². The number of halogens is 3. The predicted octanol–water partition coefficient (Wildman–Crippen LogP) is 8.98. The predicted molar refractivity (Wildman–Crippen MR) is 155 cm³/mol. The van der Waals surface area contributed by atoms with Crippen molar-refractivity contribution >= 4 is 68.2 Å². The van der Waals surface area contributed by atoms with Crippen LogP contribution in [0.3, 0.4) is 0 Å². The third-order valence-electron chi connectivity index (χ3n) is 6.56. The Morgan fingerprint density at radius 2 is 1.58 bits per heavy atom. The maximum atomic E-state index is 14.3. The van der Waals surface area contributed by atoms with E-state index in [-0.39, 0.29) is 11.2 Å². The van der Waals surface area contributed by atoms with E-state index in [1.54, 1.807) is 43.6 Å². The number of carbonyl (C=O) groups is 2. The molecule has 0 amide bonds. The Labute approximate surface area is 235 Å². The van der Waals surface area contributed by atoms with Crippen molar-refractivity contribution in [2.75, 3.05) is 6.61 Å². The number of rotatable bonds is 5. The van der Waals surface area contributed by atoms with Crippen molar-refractivity contribution in [2.45, 2.75) is 33.1 Å². The zero-order valence-electron chi connectivity index (χ0n) is 21.3. The van der Waals surface area contributed by atoms with Crippen LogP contribution in [0.5, 0.6) is 0 Å². The topological polar surface area (TPSA) is 75.0 Å². The van der Waals surface area contributed by atoms with Crippen LogP contribution >= 0.6 is 34.8 Å². The van der Waals surface area contributed by atoms with Gasteiger partial charge >= 0.3 is 5.97 Å². The summed E-state index contributed by atoms with van der Waals surface area (Å²) in [6.45, 7) is 8.16. The summed E-state index contributed by atoms with van der Waals surface area (Å²) in [5.74, 6) is -0.571. The van der Waals surface area contributed by atoms with Gasteiger partial charge in [-0.2, -0.15) is 0 Å². The molecule has 8 heteroatoms. The van der Waals surface area contributed by atoms with Crippen LogP contribution in [0.2, 0.25) is 15.1 Å². The summed E-state index contributed by atoms with van der Waals surface area (Å²) in [6.07, 6.45) is 3.47. The van der Waals surface area contributed by atoms with Crippen LogP contribution in [-0.2, 0) is 10.2 Å². The average Bonchev–Trinajstić information content (AvgIpc) is 3.48. The number of ketones is 1. The summed E-state index contributed by atoms with van der Waals surface area (Å²) >= 11 is 19.3. The fraction of sp³-hybridized carbons (Fsp3) is 0.200. The van der Waals surface area contributed by atoms with E-state index < -0.39 is 5.97 Å². The Morgan fingerprint density at radius 3 is 2.24 bits per heavy atom. The van der Waals surface area contributed by atoms with E-state index in [0.29, 0.717) is 49.5 Å². The zero-order valence-corrected chi connectivity index (χ0v) is 23.5. The first-order valence-corrected chi connectivity index (χ1v) is 13.3. The Morgan fingerprint density at radius 1 is 0.895 bits per heavy atom. The second-order valence-corrected chi connectivity index (χ2v) is 11.4. The first kappa shape index (κ1) is 26.4. The van der Waals surface area contributed by atoms with Crippen LogP contribution in [0.25, 0.3) is 32.8 Å². The molecule has 38 heavy (non-hydrogen) atoms. The number of nitrogens with one attached hydrogen (secondary N) is 2. The van der Waals surface area contributed by atoms with E-state index in [1.165, 1.54) is 0 Å². The van der Waals surface area contributed by atoms with Crippen LogP contribution in [-0.4, -0.2) is 28.3 Å². The van der Waals surface area contributed by atoms with E-state index in [2.05, 4.69) is 9.97 Å². The number of aromatic amines is 2. The summed E-state index contributed by atoms with van der Waals surface area (Å²) in [6, 6.07) is 12.5. The fourth-order valence-corrected chi connectivity index (χ4v) is 5.85. The Kier molecular flexibility index (Phi) is 6.80. The summed E-state index contributed by atoms with van der Waals surface area (Å²) < 4.78 is 5.17. The summed E-state index contributed by atoms with van der Waals surface area (Å²) in [5.41, 5.74) is 3.73. The van der Waals surface area contributed by atoms with Gasteiger partial charge in [0.05, 0.1) is 33.3 Å². The van der Waals surface area contributed by atoms with E-state index in [1.807, 2.05) is 39.0 Å². The number of hydrogen-bond donors (Lipinski definition) is 2. The lowest BCUT2D eigenvalue weighted by atomic mass is 9.84. The minimum atomic E-state index is -0.391. The number of ether oxygens (including phenoxy) is 1. The fourth-order valence-electron chi connectivity index (χ4n) is 4.83. The van der Waals surface area contributed by atoms with E-state index in [9.17, 15) is 9.59 Å². The molecule has 0 saturated heterocycles. The number of fused-ring (bicyclic) bond motifs is 3. The van der Waals surface area contributed by atoms with Gasteiger partial charge in [0.2, 0.25) is 0 Å².